The second-order valence-corrected chi connectivity index (χ2v) is 8.34. The Morgan fingerprint density at radius 1 is 1.24 bits per heavy atom. The van der Waals surface area contributed by atoms with Crippen molar-refractivity contribution < 1.29 is 67.0 Å². The summed E-state index contributed by atoms with van der Waals surface area (Å²) in [6.07, 6.45) is 0. The van der Waals surface area contributed by atoms with E-state index in [2.05, 4.69) is 10.1 Å². The van der Waals surface area contributed by atoms with Gasteiger partial charge in [-0.1, -0.05) is 18.2 Å². The summed E-state index contributed by atoms with van der Waals surface area (Å²) in [6.45, 7) is 0.471. The minimum atomic E-state index is -4.05. The molecule has 0 unspecified atom stereocenters. The van der Waals surface area contributed by atoms with Crippen molar-refractivity contribution in [3.05, 3.63) is 47.2 Å². The van der Waals surface area contributed by atoms with Crippen molar-refractivity contribution >= 4 is 33.6 Å². The number of carbonyl (C=O) groups is 4. The van der Waals surface area contributed by atoms with Gasteiger partial charge in [-0.25, -0.2) is 8.42 Å². The second-order valence-electron chi connectivity index (χ2n) is 6.24. The van der Waals surface area contributed by atoms with Crippen LogP contribution in [0.1, 0.15) is 17.3 Å². The van der Waals surface area contributed by atoms with Crippen molar-refractivity contribution in [1.82, 2.24) is 10.2 Å². The smallest absolute Gasteiger partial charge is 0.543 e. The fraction of sp³-hybridized carbons (Fsp3) is 0.294. The molecular formula is C17H15N2NaO8S. The maximum Gasteiger partial charge on any atom is 1.00 e. The standard InChI is InChI=1S/C17H16N2O8S.Na/c1-9(20)27-7-11-8-28(25,26)16-12(15(22)19(16)13(11)17(23)24)18-14(21)10-5-3-2-4-6-10;/h2-6,12,16H,7-8H2,1H3,(H,18,21)(H,23,24);/q;+1/p-1/t12-,16+;/m1./s1. The van der Waals surface area contributed by atoms with E-state index in [1.165, 1.54) is 12.1 Å². The molecule has 0 spiro atoms. The molecule has 148 valence electrons. The summed E-state index contributed by atoms with van der Waals surface area (Å²) in [5, 5.41) is 12.3. The average Bonchev–Trinajstić information content (AvgIpc) is 2.63. The predicted octanol–water partition coefficient (Wildman–Crippen LogP) is -5.05. The van der Waals surface area contributed by atoms with Crippen LogP contribution in [0.3, 0.4) is 0 Å². The third-order valence-electron chi connectivity index (χ3n) is 4.33. The number of carboxylic acid groups (broad SMARTS) is 1. The van der Waals surface area contributed by atoms with Crippen LogP contribution in [0.25, 0.3) is 0 Å². The third-order valence-corrected chi connectivity index (χ3v) is 6.30. The van der Waals surface area contributed by atoms with E-state index >= 15 is 0 Å². The fourth-order valence-electron chi connectivity index (χ4n) is 3.13. The van der Waals surface area contributed by atoms with E-state index in [4.69, 9.17) is 0 Å². The first-order valence-corrected chi connectivity index (χ1v) is 9.82. The number of carboxylic acids is 1. The van der Waals surface area contributed by atoms with E-state index in [0.29, 0.717) is 4.90 Å². The van der Waals surface area contributed by atoms with E-state index in [-0.39, 0.29) is 40.7 Å². The second kappa shape index (κ2) is 8.66. The van der Waals surface area contributed by atoms with Crippen LogP contribution in [0.2, 0.25) is 0 Å². The normalized spacial score (nSPS) is 22.0. The Morgan fingerprint density at radius 2 is 1.86 bits per heavy atom. The van der Waals surface area contributed by atoms with E-state index in [1.54, 1.807) is 18.2 Å². The van der Waals surface area contributed by atoms with E-state index in [1.807, 2.05) is 0 Å². The summed E-state index contributed by atoms with van der Waals surface area (Å²) in [5.41, 5.74) is -0.711. The topological polar surface area (TPSA) is 150 Å². The van der Waals surface area contributed by atoms with Crippen LogP contribution < -0.4 is 40.0 Å². The number of hydrogen-bond donors (Lipinski definition) is 1. The number of sulfone groups is 1. The number of amides is 2. The maximum absolute atomic E-state index is 12.6. The van der Waals surface area contributed by atoms with Gasteiger partial charge in [-0.15, -0.1) is 0 Å². The zero-order valence-electron chi connectivity index (χ0n) is 15.6. The minimum Gasteiger partial charge on any atom is -0.543 e. The van der Waals surface area contributed by atoms with Crippen LogP contribution in [-0.2, 0) is 29.0 Å². The number of nitrogens with zero attached hydrogens (tertiary/aromatic N) is 1. The van der Waals surface area contributed by atoms with Gasteiger partial charge in [0.2, 0.25) is 0 Å². The first kappa shape index (κ1) is 23.1. The third kappa shape index (κ3) is 4.37. The van der Waals surface area contributed by atoms with Gasteiger partial charge in [0.25, 0.3) is 11.8 Å². The van der Waals surface area contributed by atoms with Gasteiger partial charge in [-0.2, -0.15) is 0 Å². The number of carbonyl (C=O) groups excluding carboxylic acids is 4. The summed E-state index contributed by atoms with van der Waals surface area (Å²) in [7, 11) is -4.05. The van der Waals surface area contributed by atoms with Gasteiger partial charge in [-0.3, -0.25) is 19.3 Å². The zero-order chi connectivity index (χ0) is 20.6. The average molecular weight is 430 g/mol. The van der Waals surface area contributed by atoms with Crippen LogP contribution in [-0.4, -0.2) is 60.8 Å². The van der Waals surface area contributed by atoms with Gasteiger partial charge in [0, 0.05) is 18.1 Å². The van der Waals surface area contributed by atoms with Gasteiger partial charge in [0.1, 0.15) is 12.6 Å². The molecule has 12 heteroatoms. The molecule has 1 saturated heterocycles. The number of fused-ring (bicyclic) bond motifs is 1. The summed E-state index contributed by atoms with van der Waals surface area (Å²) in [5.74, 6) is -4.83. The summed E-state index contributed by atoms with van der Waals surface area (Å²) >= 11 is 0. The molecule has 2 aliphatic heterocycles. The fourth-order valence-corrected chi connectivity index (χ4v) is 5.13. The van der Waals surface area contributed by atoms with Gasteiger partial charge >= 0.3 is 35.5 Å². The number of hydrogen-bond acceptors (Lipinski definition) is 8. The molecule has 1 N–H and O–H groups in total. The summed E-state index contributed by atoms with van der Waals surface area (Å²) < 4.78 is 29.9. The molecule has 2 aliphatic rings. The number of esters is 1. The van der Waals surface area contributed by atoms with Crippen molar-refractivity contribution in [2.24, 2.45) is 0 Å². The van der Waals surface area contributed by atoms with Crippen LogP contribution in [0.5, 0.6) is 0 Å². The molecule has 3 rings (SSSR count). The van der Waals surface area contributed by atoms with Crippen LogP contribution in [0, 0.1) is 0 Å². The Hall–Kier alpha value is -2.21. The number of ether oxygens (including phenoxy) is 1. The first-order chi connectivity index (χ1) is 13.1. The number of β-lactam (4-membered cyclic amide) rings is 1. The molecular weight excluding hydrogens is 415 g/mol. The van der Waals surface area contributed by atoms with Crippen molar-refractivity contribution in [3.8, 4) is 0 Å². The van der Waals surface area contributed by atoms with Crippen molar-refractivity contribution in [2.45, 2.75) is 18.3 Å². The molecule has 0 saturated carbocycles. The molecule has 1 fully saturated rings. The molecule has 2 heterocycles. The van der Waals surface area contributed by atoms with Crippen LogP contribution in [0.4, 0.5) is 0 Å². The van der Waals surface area contributed by atoms with Gasteiger partial charge in [-0.05, 0) is 12.1 Å². The van der Waals surface area contributed by atoms with Gasteiger partial charge < -0.3 is 20.0 Å². The Labute approximate surface area is 188 Å². The number of benzene rings is 1. The predicted molar refractivity (Wildman–Crippen MR) is 90.8 cm³/mol. The maximum atomic E-state index is 12.6. The molecule has 0 bridgehead atoms. The molecule has 1 aromatic rings. The molecule has 0 aliphatic carbocycles. The molecule has 10 nitrogen and oxygen atoms in total. The Bertz CT molecular complexity index is 1010. The van der Waals surface area contributed by atoms with Crippen molar-refractivity contribution in [1.29, 1.82) is 0 Å². The molecule has 0 radical (unpaired) electrons. The number of rotatable bonds is 5. The van der Waals surface area contributed by atoms with Crippen LogP contribution in [0.15, 0.2) is 41.6 Å². The van der Waals surface area contributed by atoms with Crippen molar-refractivity contribution in [3.63, 3.8) is 0 Å². The Morgan fingerprint density at radius 3 is 2.41 bits per heavy atom. The number of aliphatic carboxylic acids is 1. The number of nitrogens with one attached hydrogen (secondary N) is 1. The molecule has 2 amide bonds. The van der Waals surface area contributed by atoms with Gasteiger partial charge in [0.05, 0.1) is 17.4 Å². The van der Waals surface area contributed by atoms with E-state index in [0.717, 1.165) is 6.92 Å². The molecule has 29 heavy (non-hydrogen) atoms. The Balaban J connectivity index is 0.00000300. The summed E-state index contributed by atoms with van der Waals surface area (Å²) in [6, 6.07) is 6.41. The molecule has 2 atom stereocenters. The van der Waals surface area contributed by atoms with E-state index in [9.17, 15) is 32.7 Å². The monoisotopic (exact) mass is 430 g/mol. The SMILES string of the molecule is CC(=O)OCC1=C(C(=O)[O-])N2C(=O)[C@@H](NC(=O)c3ccccc3)[C@@H]2S(=O)(=O)C1.[Na+]. The Kier molecular flexibility index (Phi) is 6.89. The zero-order valence-corrected chi connectivity index (χ0v) is 18.4. The summed E-state index contributed by atoms with van der Waals surface area (Å²) in [4.78, 5) is 47.8. The first-order valence-electron chi connectivity index (χ1n) is 8.11. The van der Waals surface area contributed by atoms with Gasteiger partial charge in [0.15, 0.2) is 15.2 Å². The molecule has 1 aromatic carbocycles. The quantitative estimate of drug-likeness (QED) is 0.277. The van der Waals surface area contributed by atoms with Crippen LogP contribution >= 0.6 is 0 Å². The minimum absolute atomic E-state index is 0. The largest absolute Gasteiger partial charge is 1.00 e. The van der Waals surface area contributed by atoms with E-state index < -0.39 is 63.1 Å². The molecule has 0 aromatic heterocycles. The van der Waals surface area contributed by atoms with Crippen molar-refractivity contribution in [2.75, 3.05) is 12.4 Å².